The van der Waals surface area contributed by atoms with Gasteiger partial charge in [-0.1, -0.05) is 64.7 Å². The SMILES string of the molecule is CCCCCCCCCCCCOC(=O)[C@H](C)NC.[NaH]. The Morgan fingerprint density at radius 3 is 1.85 bits per heavy atom. The van der Waals surface area contributed by atoms with Gasteiger partial charge in [-0.3, -0.25) is 4.79 Å². The number of carbonyl (C=O) groups is 1. The van der Waals surface area contributed by atoms with Crippen molar-refractivity contribution in [3.8, 4) is 0 Å². The summed E-state index contributed by atoms with van der Waals surface area (Å²) in [5, 5.41) is 2.88. The average Bonchev–Trinajstić information content (AvgIpc) is 2.43. The zero-order valence-corrected chi connectivity index (χ0v) is 13.2. The Labute approximate surface area is 147 Å². The van der Waals surface area contributed by atoms with Gasteiger partial charge in [-0.2, -0.15) is 0 Å². The number of hydrogen-bond donors (Lipinski definition) is 1. The van der Waals surface area contributed by atoms with E-state index in [9.17, 15) is 4.79 Å². The molecule has 0 aromatic carbocycles. The van der Waals surface area contributed by atoms with E-state index in [0.29, 0.717) is 6.61 Å². The van der Waals surface area contributed by atoms with E-state index in [4.69, 9.17) is 4.74 Å². The summed E-state index contributed by atoms with van der Waals surface area (Å²) in [6, 6.07) is -0.192. The number of nitrogens with one attached hydrogen (secondary N) is 1. The van der Waals surface area contributed by atoms with Gasteiger partial charge in [0.2, 0.25) is 0 Å². The molecule has 0 aliphatic rings. The van der Waals surface area contributed by atoms with Crippen LogP contribution in [0.1, 0.15) is 78.1 Å². The molecule has 20 heavy (non-hydrogen) atoms. The molecule has 4 heteroatoms. The first kappa shape index (κ1) is 22.7. The molecule has 1 N–H and O–H groups in total. The van der Waals surface area contributed by atoms with Crippen molar-refractivity contribution in [2.24, 2.45) is 0 Å². The van der Waals surface area contributed by atoms with E-state index in [1.165, 1.54) is 57.8 Å². The molecule has 0 unspecified atom stereocenters. The normalized spacial score (nSPS) is 11.8. The van der Waals surface area contributed by atoms with Crippen LogP contribution in [-0.2, 0) is 9.53 Å². The van der Waals surface area contributed by atoms with Crippen molar-refractivity contribution in [3.05, 3.63) is 0 Å². The van der Waals surface area contributed by atoms with E-state index in [1.54, 1.807) is 7.05 Å². The van der Waals surface area contributed by atoms with Crippen LogP contribution in [0.2, 0.25) is 0 Å². The summed E-state index contributed by atoms with van der Waals surface area (Å²) in [5.41, 5.74) is 0. The van der Waals surface area contributed by atoms with Crippen molar-refractivity contribution < 1.29 is 9.53 Å². The average molecular weight is 295 g/mol. The molecule has 0 saturated carbocycles. The van der Waals surface area contributed by atoms with E-state index in [1.807, 2.05) is 6.92 Å². The van der Waals surface area contributed by atoms with E-state index in [0.717, 1.165) is 6.42 Å². The molecule has 0 fully saturated rings. The molecule has 0 bridgehead atoms. The number of esters is 1. The summed E-state index contributed by atoms with van der Waals surface area (Å²) < 4.78 is 5.17. The Bertz CT molecular complexity index is 213. The van der Waals surface area contributed by atoms with Crippen LogP contribution in [0.25, 0.3) is 0 Å². The summed E-state index contributed by atoms with van der Waals surface area (Å²) in [6.45, 7) is 4.65. The quantitative estimate of drug-likeness (QED) is 0.321. The molecule has 116 valence electrons. The molecule has 0 aliphatic heterocycles. The first-order chi connectivity index (χ1) is 9.22. The van der Waals surface area contributed by atoms with Crippen molar-refractivity contribution in [2.75, 3.05) is 13.7 Å². The van der Waals surface area contributed by atoms with Crippen LogP contribution < -0.4 is 5.32 Å². The van der Waals surface area contributed by atoms with Crippen LogP contribution in [0.5, 0.6) is 0 Å². The Morgan fingerprint density at radius 1 is 0.950 bits per heavy atom. The predicted molar refractivity (Wildman–Crippen MR) is 88.5 cm³/mol. The standard InChI is InChI=1S/C16H33NO2.Na.H/c1-4-5-6-7-8-9-10-11-12-13-14-19-16(18)15(2)17-3;;/h15,17H,4-14H2,1-3H3;;/t15-;;/m0../s1. The molecule has 0 saturated heterocycles. The molecule has 0 aliphatic carbocycles. The Kier molecular flexibility index (Phi) is 19.8. The number of hydrogen-bond acceptors (Lipinski definition) is 3. The zero-order chi connectivity index (χ0) is 14.3. The van der Waals surface area contributed by atoms with E-state index in [2.05, 4.69) is 12.2 Å². The molecule has 0 aromatic heterocycles. The van der Waals surface area contributed by atoms with Gasteiger partial charge in [-0.05, 0) is 20.4 Å². The molecule has 0 rings (SSSR count). The maximum atomic E-state index is 11.3. The third kappa shape index (κ3) is 14.8. The fourth-order valence-corrected chi connectivity index (χ4v) is 2.01. The summed E-state index contributed by atoms with van der Waals surface area (Å²) in [7, 11) is 1.77. The summed E-state index contributed by atoms with van der Waals surface area (Å²) >= 11 is 0. The number of unbranched alkanes of at least 4 members (excludes halogenated alkanes) is 9. The van der Waals surface area contributed by atoms with Gasteiger partial charge in [0.05, 0.1) is 6.61 Å². The van der Waals surface area contributed by atoms with Crippen LogP contribution in [0.15, 0.2) is 0 Å². The second-order valence-electron chi connectivity index (χ2n) is 5.36. The van der Waals surface area contributed by atoms with Crippen LogP contribution in [0.4, 0.5) is 0 Å². The molecule has 0 spiro atoms. The third-order valence-corrected chi connectivity index (χ3v) is 3.53. The summed E-state index contributed by atoms with van der Waals surface area (Å²) in [5.74, 6) is -0.140. The van der Waals surface area contributed by atoms with E-state index < -0.39 is 0 Å². The molecule has 3 nitrogen and oxygen atoms in total. The fraction of sp³-hybridized carbons (Fsp3) is 0.938. The first-order valence-corrected chi connectivity index (χ1v) is 8.06. The van der Waals surface area contributed by atoms with Gasteiger partial charge in [-0.15, -0.1) is 0 Å². The molecule has 0 radical (unpaired) electrons. The van der Waals surface area contributed by atoms with Crippen molar-refractivity contribution in [3.63, 3.8) is 0 Å². The molecular weight excluding hydrogens is 261 g/mol. The molecular formula is C16H34NNaO2. The van der Waals surface area contributed by atoms with Gasteiger partial charge in [0.1, 0.15) is 6.04 Å². The number of ether oxygens (including phenoxy) is 1. The van der Waals surface area contributed by atoms with Crippen molar-refractivity contribution in [2.45, 2.75) is 84.1 Å². The number of carbonyl (C=O) groups excluding carboxylic acids is 1. The maximum absolute atomic E-state index is 11.3. The van der Waals surface area contributed by atoms with Gasteiger partial charge in [0.25, 0.3) is 0 Å². The predicted octanol–water partition coefficient (Wildman–Crippen LogP) is 3.41. The van der Waals surface area contributed by atoms with Crippen LogP contribution in [0.3, 0.4) is 0 Å². The van der Waals surface area contributed by atoms with Gasteiger partial charge in [0, 0.05) is 0 Å². The van der Waals surface area contributed by atoms with Gasteiger partial charge in [-0.25, -0.2) is 0 Å². The molecule has 0 heterocycles. The zero-order valence-electron chi connectivity index (χ0n) is 13.2. The second kappa shape index (κ2) is 17.5. The van der Waals surface area contributed by atoms with Crippen molar-refractivity contribution >= 4 is 35.5 Å². The Hall–Kier alpha value is 0.430. The minimum atomic E-state index is -0.192. The number of rotatable bonds is 13. The van der Waals surface area contributed by atoms with Crippen LogP contribution in [0, 0.1) is 0 Å². The summed E-state index contributed by atoms with van der Waals surface area (Å²) in [4.78, 5) is 11.3. The van der Waals surface area contributed by atoms with Gasteiger partial charge >= 0.3 is 35.5 Å². The van der Waals surface area contributed by atoms with Crippen molar-refractivity contribution in [1.82, 2.24) is 5.32 Å². The molecule has 0 aromatic rings. The first-order valence-electron chi connectivity index (χ1n) is 8.06. The summed E-state index contributed by atoms with van der Waals surface area (Å²) in [6.07, 6.45) is 13.0. The third-order valence-electron chi connectivity index (χ3n) is 3.53. The van der Waals surface area contributed by atoms with E-state index in [-0.39, 0.29) is 41.6 Å². The van der Waals surface area contributed by atoms with Crippen LogP contribution in [-0.4, -0.2) is 55.2 Å². The fourth-order valence-electron chi connectivity index (χ4n) is 2.01. The minimum absolute atomic E-state index is 0. The Balaban J connectivity index is 0. The van der Waals surface area contributed by atoms with Crippen LogP contribution >= 0.6 is 0 Å². The van der Waals surface area contributed by atoms with E-state index >= 15 is 0 Å². The second-order valence-corrected chi connectivity index (χ2v) is 5.36. The Morgan fingerprint density at radius 2 is 1.40 bits per heavy atom. The monoisotopic (exact) mass is 295 g/mol. The molecule has 1 atom stereocenters. The molecule has 0 amide bonds. The van der Waals surface area contributed by atoms with Crippen molar-refractivity contribution in [1.29, 1.82) is 0 Å². The van der Waals surface area contributed by atoms with Gasteiger partial charge in [0.15, 0.2) is 0 Å². The van der Waals surface area contributed by atoms with Gasteiger partial charge < -0.3 is 10.1 Å². The number of likely N-dealkylation sites (N-methyl/N-ethyl adjacent to an activating group) is 1. The topological polar surface area (TPSA) is 38.3 Å².